The molecule has 0 fully saturated rings. The van der Waals surface area contributed by atoms with Crippen molar-refractivity contribution in [2.24, 2.45) is 0 Å². The standard InChI is InChI=1S/C9H8F2N4O3S/c10-5-1-2-6(8(11)9(5)12)19(16,17)14-3-7-13-4-18-15-7/h1-2,4,14H,3,12H2. The summed E-state index contributed by atoms with van der Waals surface area (Å²) < 4.78 is 56.6. The molecule has 19 heavy (non-hydrogen) atoms. The molecule has 0 radical (unpaired) electrons. The average Bonchev–Trinajstić information content (AvgIpc) is 2.86. The second kappa shape index (κ2) is 4.90. The number of hydrogen-bond donors (Lipinski definition) is 2. The van der Waals surface area contributed by atoms with Crippen LogP contribution in [0.2, 0.25) is 0 Å². The highest BCUT2D eigenvalue weighted by Crippen LogP contribution is 2.22. The van der Waals surface area contributed by atoms with Crippen LogP contribution in [0.5, 0.6) is 0 Å². The van der Waals surface area contributed by atoms with Crippen LogP contribution in [0.15, 0.2) is 27.9 Å². The summed E-state index contributed by atoms with van der Waals surface area (Å²) in [6.07, 6.45) is 1.01. The molecular formula is C9H8F2N4O3S. The van der Waals surface area contributed by atoms with E-state index in [1.54, 1.807) is 0 Å². The third kappa shape index (κ3) is 2.69. The molecule has 2 rings (SSSR count). The van der Waals surface area contributed by atoms with Crippen molar-refractivity contribution in [3.05, 3.63) is 36.0 Å². The number of benzene rings is 1. The van der Waals surface area contributed by atoms with Crippen molar-refractivity contribution in [2.75, 3.05) is 5.73 Å². The molecule has 0 amide bonds. The van der Waals surface area contributed by atoms with Gasteiger partial charge in [-0.05, 0) is 12.1 Å². The van der Waals surface area contributed by atoms with Gasteiger partial charge in [-0.3, -0.25) is 0 Å². The molecule has 1 heterocycles. The fourth-order valence-corrected chi connectivity index (χ4v) is 2.33. The van der Waals surface area contributed by atoms with Crippen LogP contribution in [0.3, 0.4) is 0 Å². The number of aromatic nitrogens is 2. The van der Waals surface area contributed by atoms with Crippen LogP contribution in [0.25, 0.3) is 0 Å². The number of halogens is 2. The number of nitrogens with zero attached hydrogens (tertiary/aromatic N) is 2. The molecule has 0 unspecified atom stereocenters. The second-order valence-electron chi connectivity index (χ2n) is 3.45. The van der Waals surface area contributed by atoms with E-state index in [9.17, 15) is 17.2 Å². The predicted octanol–water partition coefficient (Wildman–Crippen LogP) is 0.408. The Morgan fingerprint density at radius 3 is 2.74 bits per heavy atom. The van der Waals surface area contributed by atoms with E-state index >= 15 is 0 Å². The normalized spacial score (nSPS) is 11.7. The Morgan fingerprint density at radius 2 is 2.11 bits per heavy atom. The first-order chi connectivity index (χ1) is 8.92. The fraction of sp³-hybridized carbons (Fsp3) is 0.111. The summed E-state index contributed by atoms with van der Waals surface area (Å²) in [6, 6.07) is 1.54. The number of sulfonamides is 1. The van der Waals surface area contributed by atoms with Gasteiger partial charge in [0.05, 0.1) is 6.54 Å². The third-order valence-corrected chi connectivity index (χ3v) is 3.63. The first kappa shape index (κ1) is 13.4. The summed E-state index contributed by atoms with van der Waals surface area (Å²) in [5.41, 5.74) is 4.23. The Balaban J connectivity index is 2.27. The summed E-state index contributed by atoms with van der Waals surface area (Å²) in [7, 11) is -4.20. The number of nitrogens with two attached hydrogens (primary N) is 1. The van der Waals surface area contributed by atoms with Gasteiger partial charge in [0.2, 0.25) is 16.4 Å². The minimum atomic E-state index is -4.20. The summed E-state index contributed by atoms with van der Waals surface area (Å²) in [5, 5.41) is 3.38. The van der Waals surface area contributed by atoms with Crippen LogP contribution >= 0.6 is 0 Å². The van der Waals surface area contributed by atoms with Gasteiger partial charge in [0, 0.05) is 0 Å². The van der Waals surface area contributed by atoms with Gasteiger partial charge in [-0.25, -0.2) is 21.9 Å². The average molecular weight is 290 g/mol. The van der Waals surface area contributed by atoms with E-state index in [4.69, 9.17) is 5.73 Å². The first-order valence-electron chi connectivity index (χ1n) is 4.90. The SMILES string of the molecule is Nc1c(F)ccc(S(=O)(=O)NCc2ncon2)c1F. The Kier molecular flexibility index (Phi) is 3.44. The molecule has 0 spiro atoms. The summed E-state index contributed by atoms with van der Waals surface area (Å²) in [4.78, 5) is 2.83. The van der Waals surface area contributed by atoms with E-state index in [0.29, 0.717) is 0 Å². The largest absolute Gasteiger partial charge is 0.394 e. The number of anilines is 1. The first-order valence-corrected chi connectivity index (χ1v) is 6.38. The van der Waals surface area contributed by atoms with Crippen molar-refractivity contribution in [1.29, 1.82) is 0 Å². The minimum absolute atomic E-state index is 0.0686. The van der Waals surface area contributed by atoms with E-state index in [-0.39, 0.29) is 12.4 Å². The summed E-state index contributed by atoms with van der Waals surface area (Å²) in [5.74, 6) is -2.31. The van der Waals surface area contributed by atoms with Gasteiger partial charge in [0.1, 0.15) is 16.4 Å². The van der Waals surface area contributed by atoms with Crippen LogP contribution in [-0.2, 0) is 16.6 Å². The van der Waals surface area contributed by atoms with Gasteiger partial charge in [-0.15, -0.1) is 0 Å². The number of nitrogen functional groups attached to an aromatic ring is 1. The smallest absolute Gasteiger partial charge is 0.243 e. The molecule has 7 nitrogen and oxygen atoms in total. The molecule has 0 saturated heterocycles. The molecule has 102 valence electrons. The lowest BCUT2D eigenvalue weighted by molar-refractivity contribution is 0.409. The molecule has 0 aliphatic rings. The van der Waals surface area contributed by atoms with Gasteiger partial charge in [0.25, 0.3) is 0 Å². The predicted molar refractivity (Wildman–Crippen MR) is 59.1 cm³/mol. The van der Waals surface area contributed by atoms with E-state index in [1.807, 2.05) is 4.72 Å². The molecule has 1 aromatic heterocycles. The highest BCUT2D eigenvalue weighted by Gasteiger charge is 2.22. The van der Waals surface area contributed by atoms with E-state index in [1.165, 1.54) is 0 Å². The maximum Gasteiger partial charge on any atom is 0.243 e. The topological polar surface area (TPSA) is 111 Å². The van der Waals surface area contributed by atoms with Crippen LogP contribution in [0, 0.1) is 11.6 Å². The number of nitrogens with one attached hydrogen (secondary N) is 1. The van der Waals surface area contributed by atoms with Crippen LogP contribution in [-0.4, -0.2) is 18.6 Å². The zero-order chi connectivity index (χ0) is 14.0. The molecule has 0 atom stereocenters. The van der Waals surface area contributed by atoms with Crippen LogP contribution in [0.4, 0.5) is 14.5 Å². The zero-order valence-corrected chi connectivity index (χ0v) is 10.1. The Labute approximate surface area is 106 Å². The lowest BCUT2D eigenvalue weighted by atomic mass is 10.3. The molecule has 0 saturated carbocycles. The van der Waals surface area contributed by atoms with Crippen molar-refractivity contribution in [3.63, 3.8) is 0 Å². The zero-order valence-electron chi connectivity index (χ0n) is 9.30. The quantitative estimate of drug-likeness (QED) is 0.789. The minimum Gasteiger partial charge on any atom is -0.394 e. The summed E-state index contributed by atoms with van der Waals surface area (Å²) in [6.45, 7) is -0.296. The lowest BCUT2D eigenvalue weighted by Crippen LogP contribution is -2.25. The number of hydrogen-bond acceptors (Lipinski definition) is 6. The van der Waals surface area contributed by atoms with E-state index in [0.717, 1.165) is 18.5 Å². The highest BCUT2D eigenvalue weighted by molar-refractivity contribution is 7.89. The third-order valence-electron chi connectivity index (χ3n) is 2.21. The Morgan fingerprint density at radius 1 is 1.37 bits per heavy atom. The van der Waals surface area contributed by atoms with Crippen molar-refractivity contribution in [2.45, 2.75) is 11.4 Å². The molecule has 3 N–H and O–H groups in total. The van der Waals surface area contributed by atoms with Crippen molar-refractivity contribution < 1.29 is 21.7 Å². The maximum absolute atomic E-state index is 13.6. The van der Waals surface area contributed by atoms with Crippen molar-refractivity contribution in [1.82, 2.24) is 14.9 Å². The molecule has 0 bridgehead atoms. The van der Waals surface area contributed by atoms with Gasteiger partial charge in [0.15, 0.2) is 11.6 Å². The maximum atomic E-state index is 13.6. The summed E-state index contributed by atoms with van der Waals surface area (Å²) >= 11 is 0. The lowest BCUT2D eigenvalue weighted by Gasteiger charge is -2.07. The van der Waals surface area contributed by atoms with Gasteiger partial charge in [-0.1, -0.05) is 5.16 Å². The van der Waals surface area contributed by atoms with Gasteiger partial charge >= 0.3 is 0 Å². The van der Waals surface area contributed by atoms with Crippen LogP contribution in [0.1, 0.15) is 5.82 Å². The molecule has 1 aromatic carbocycles. The molecule has 2 aromatic rings. The van der Waals surface area contributed by atoms with Crippen molar-refractivity contribution in [3.8, 4) is 0 Å². The molecule has 10 heteroatoms. The highest BCUT2D eigenvalue weighted by atomic mass is 32.2. The Hall–Kier alpha value is -2.07. The van der Waals surface area contributed by atoms with Gasteiger partial charge in [-0.2, -0.15) is 4.98 Å². The second-order valence-corrected chi connectivity index (χ2v) is 5.18. The molecular weight excluding hydrogens is 282 g/mol. The van der Waals surface area contributed by atoms with E-state index < -0.39 is 32.2 Å². The van der Waals surface area contributed by atoms with E-state index in [2.05, 4.69) is 14.7 Å². The fourth-order valence-electron chi connectivity index (χ4n) is 1.26. The Bertz CT molecular complexity index is 688. The monoisotopic (exact) mass is 290 g/mol. The van der Waals surface area contributed by atoms with Crippen molar-refractivity contribution >= 4 is 15.7 Å². The number of rotatable bonds is 4. The van der Waals surface area contributed by atoms with Gasteiger partial charge < -0.3 is 10.3 Å². The molecule has 0 aliphatic carbocycles. The van der Waals surface area contributed by atoms with Crippen LogP contribution < -0.4 is 10.5 Å². The molecule has 0 aliphatic heterocycles.